The zero-order valence-corrected chi connectivity index (χ0v) is 18.8. The maximum absolute atomic E-state index is 13.4. The molecule has 0 fully saturated rings. The fourth-order valence-corrected chi connectivity index (χ4v) is 3.93. The molecule has 0 unspecified atom stereocenters. The van der Waals surface area contributed by atoms with Crippen LogP contribution in [0, 0.1) is 20.8 Å². The second-order valence-corrected chi connectivity index (χ2v) is 8.42. The highest BCUT2D eigenvalue weighted by Crippen LogP contribution is 2.20. The van der Waals surface area contributed by atoms with Gasteiger partial charge in [-0.05, 0) is 67.5 Å². The Labute approximate surface area is 188 Å². The van der Waals surface area contributed by atoms with Gasteiger partial charge in [0.25, 0.3) is 11.5 Å². The zero-order valence-electron chi connectivity index (χ0n) is 18.8. The molecule has 0 saturated heterocycles. The van der Waals surface area contributed by atoms with E-state index in [4.69, 9.17) is 0 Å². The number of hydrogen-bond donors (Lipinski definition) is 1. The molecule has 0 bridgehead atoms. The maximum atomic E-state index is 13.4. The number of aryl methyl sites for hydroxylation is 3. The Balaban J connectivity index is 1.67. The van der Waals surface area contributed by atoms with Crippen LogP contribution < -0.4 is 5.56 Å². The number of hydrogen-bond acceptors (Lipinski definition) is 2. The first-order chi connectivity index (χ1) is 15.4. The van der Waals surface area contributed by atoms with E-state index in [2.05, 4.69) is 23.2 Å². The van der Waals surface area contributed by atoms with Crippen LogP contribution in [0.1, 0.15) is 38.2 Å². The molecule has 4 aromatic rings. The minimum atomic E-state index is -0.146. The Kier molecular flexibility index (Phi) is 6.22. The molecular formula is C28H28N2O2. The van der Waals surface area contributed by atoms with Crippen LogP contribution in [0.15, 0.2) is 77.6 Å². The first-order valence-corrected chi connectivity index (χ1v) is 10.9. The number of fused-ring (bicyclic) bond motifs is 1. The second kappa shape index (κ2) is 9.23. The average molecular weight is 425 g/mol. The highest BCUT2D eigenvalue weighted by Gasteiger charge is 2.18. The second-order valence-electron chi connectivity index (χ2n) is 8.42. The summed E-state index contributed by atoms with van der Waals surface area (Å²) in [5.41, 5.74) is 6.41. The molecule has 1 heterocycles. The molecule has 3 aromatic carbocycles. The van der Waals surface area contributed by atoms with E-state index in [0.29, 0.717) is 17.7 Å². The Morgan fingerprint density at radius 1 is 0.906 bits per heavy atom. The van der Waals surface area contributed by atoms with Crippen molar-refractivity contribution in [1.29, 1.82) is 0 Å². The Hall–Kier alpha value is -3.66. The number of H-pyrrole nitrogens is 1. The highest BCUT2D eigenvalue weighted by atomic mass is 16.2. The van der Waals surface area contributed by atoms with Gasteiger partial charge in [0.2, 0.25) is 0 Å². The smallest absolute Gasteiger partial charge is 0.254 e. The van der Waals surface area contributed by atoms with Crippen molar-refractivity contribution in [2.75, 3.05) is 6.54 Å². The Morgan fingerprint density at radius 3 is 2.34 bits per heavy atom. The van der Waals surface area contributed by atoms with Gasteiger partial charge in [0, 0.05) is 17.7 Å². The summed E-state index contributed by atoms with van der Waals surface area (Å²) in [4.78, 5) is 31.1. The topological polar surface area (TPSA) is 53.2 Å². The summed E-state index contributed by atoms with van der Waals surface area (Å²) in [5, 5.41) is 0.980. The number of amides is 1. The lowest BCUT2D eigenvalue weighted by Gasteiger charge is -2.23. The van der Waals surface area contributed by atoms with E-state index in [1.807, 2.05) is 75.4 Å². The lowest BCUT2D eigenvalue weighted by molar-refractivity contribution is 0.0744. The van der Waals surface area contributed by atoms with Crippen molar-refractivity contribution in [3.63, 3.8) is 0 Å². The van der Waals surface area contributed by atoms with E-state index in [1.54, 1.807) is 4.90 Å². The number of carbonyl (C=O) groups excluding carboxylic acids is 1. The van der Waals surface area contributed by atoms with Crippen molar-refractivity contribution in [1.82, 2.24) is 9.88 Å². The summed E-state index contributed by atoms with van der Waals surface area (Å²) in [5.74, 6) is -0.0690. The Morgan fingerprint density at radius 2 is 1.62 bits per heavy atom. The molecule has 0 aliphatic heterocycles. The first-order valence-electron chi connectivity index (χ1n) is 10.9. The van der Waals surface area contributed by atoms with E-state index < -0.39 is 0 Å². The fourth-order valence-electron chi connectivity index (χ4n) is 3.93. The number of aromatic nitrogens is 1. The van der Waals surface area contributed by atoms with Gasteiger partial charge >= 0.3 is 0 Å². The number of nitrogens with zero attached hydrogens (tertiary/aromatic N) is 1. The normalized spacial score (nSPS) is 11.0. The van der Waals surface area contributed by atoms with Crippen molar-refractivity contribution in [2.24, 2.45) is 0 Å². The van der Waals surface area contributed by atoms with Gasteiger partial charge in [-0.1, -0.05) is 60.2 Å². The summed E-state index contributed by atoms with van der Waals surface area (Å²) >= 11 is 0. The van der Waals surface area contributed by atoms with E-state index in [9.17, 15) is 9.59 Å². The molecule has 1 N–H and O–H groups in total. The molecule has 0 aliphatic rings. The summed E-state index contributed by atoms with van der Waals surface area (Å²) in [6, 6.07) is 23.7. The van der Waals surface area contributed by atoms with Gasteiger partial charge in [-0.2, -0.15) is 0 Å². The van der Waals surface area contributed by atoms with Crippen molar-refractivity contribution in [2.45, 2.75) is 33.7 Å². The third-order valence-electron chi connectivity index (χ3n) is 6.09. The summed E-state index contributed by atoms with van der Waals surface area (Å²) in [6.07, 6.45) is 0.724. The third kappa shape index (κ3) is 4.65. The molecule has 0 saturated carbocycles. The fraction of sp³-hybridized carbons (Fsp3) is 0.214. The van der Waals surface area contributed by atoms with E-state index in [-0.39, 0.29) is 18.0 Å². The van der Waals surface area contributed by atoms with Crippen LogP contribution >= 0.6 is 0 Å². The van der Waals surface area contributed by atoms with Gasteiger partial charge in [0.1, 0.15) is 0 Å². The largest absolute Gasteiger partial charge is 0.334 e. The minimum Gasteiger partial charge on any atom is -0.334 e. The first kappa shape index (κ1) is 21.6. The molecule has 0 spiro atoms. The van der Waals surface area contributed by atoms with Gasteiger partial charge in [0.05, 0.1) is 12.1 Å². The summed E-state index contributed by atoms with van der Waals surface area (Å²) in [6.45, 7) is 6.84. The lowest BCUT2D eigenvalue weighted by Crippen LogP contribution is -2.34. The van der Waals surface area contributed by atoms with Crippen molar-refractivity contribution < 1.29 is 4.79 Å². The van der Waals surface area contributed by atoms with Crippen LogP contribution in [0.5, 0.6) is 0 Å². The van der Waals surface area contributed by atoms with Gasteiger partial charge < -0.3 is 9.88 Å². The van der Waals surface area contributed by atoms with Crippen molar-refractivity contribution >= 4 is 16.8 Å². The Bertz CT molecular complexity index is 1310. The molecule has 4 rings (SSSR count). The van der Waals surface area contributed by atoms with Crippen LogP contribution in [0.25, 0.3) is 10.9 Å². The van der Waals surface area contributed by atoms with Gasteiger partial charge in [-0.15, -0.1) is 0 Å². The molecule has 4 nitrogen and oxygen atoms in total. The number of carbonyl (C=O) groups is 1. The zero-order chi connectivity index (χ0) is 22.7. The third-order valence-corrected chi connectivity index (χ3v) is 6.09. The predicted molar refractivity (Wildman–Crippen MR) is 130 cm³/mol. The van der Waals surface area contributed by atoms with Crippen molar-refractivity contribution in [3.8, 4) is 0 Å². The minimum absolute atomic E-state index is 0.0690. The van der Waals surface area contributed by atoms with Gasteiger partial charge in [-0.25, -0.2) is 0 Å². The number of benzene rings is 3. The average Bonchev–Trinajstić information content (AvgIpc) is 2.80. The number of aromatic amines is 1. The molecule has 1 aromatic heterocycles. The highest BCUT2D eigenvalue weighted by molar-refractivity contribution is 5.94. The van der Waals surface area contributed by atoms with Gasteiger partial charge in [-0.3, -0.25) is 9.59 Å². The number of rotatable bonds is 6. The lowest BCUT2D eigenvalue weighted by atomic mass is 10.0. The molecule has 0 radical (unpaired) electrons. The quantitative estimate of drug-likeness (QED) is 0.454. The predicted octanol–water partition coefficient (Wildman–Crippen LogP) is 5.34. The van der Waals surface area contributed by atoms with Crippen molar-refractivity contribution in [3.05, 3.63) is 117 Å². The SMILES string of the molecule is Cc1ccc(C(=O)N(CCc2ccccc2)Cc2cc3ccc(C)c(C)c3[nH]c2=O)cc1. The van der Waals surface area contributed by atoms with Crippen LogP contribution in [0.4, 0.5) is 0 Å². The van der Waals surface area contributed by atoms with E-state index in [0.717, 1.165) is 39.6 Å². The summed E-state index contributed by atoms with van der Waals surface area (Å²) in [7, 11) is 0. The van der Waals surface area contributed by atoms with Crippen LogP contribution in [-0.4, -0.2) is 22.3 Å². The molecule has 4 heteroatoms. The molecular weight excluding hydrogens is 396 g/mol. The summed E-state index contributed by atoms with van der Waals surface area (Å²) < 4.78 is 0. The van der Waals surface area contributed by atoms with E-state index in [1.165, 1.54) is 0 Å². The standard InChI is InChI=1S/C28H28N2O2/c1-19-9-12-23(13-10-19)28(32)30(16-15-22-7-5-4-6-8-22)18-25-17-24-14-11-20(2)21(3)26(24)29-27(25)31/h4-14,17H,15-16,18H2,1-3H3,(H,29,31). The monoisotopic (exact) mass is 424 g/mol. The molecule has 0 aliphatic carbocycles. The number of pyridine rings is 1. The van der Waals surface area contributed by atoms with Gasteiger partial charge in [0.15, 0.2) is 0 Å². The maximum Gasteiger partial charge on any atom is 0.254 e. The van der Waals surface area contributed by atoms with E-state index >= 15 is 0 Å². The van der Waals surface area contributed by atoms with Crippen LogP contribution in [0.3, 0.4) is 0 Å². The number of nitrogens with one attached hydrogen (secondary N) is 1. The van der Waals surface area contributed by atoms with Crippen LogP contribution in [0.2, 0.25) is 0 Å². The molecule has 1 amide bonds. The molecule has 0 atom stereocenters. The molecule has 32 heavy (non-hydrogen) atoms. The molecule has 162 valence electrons. The van der Waals surface area contributed by atoms with Crippen LogP contribution in [-0.2, 0) is 13.0 Å².